The lowest BCUT2D eigenvalue weighted by Gasteiger charge is -2.27. The van der Waals surface area contributed by atoms with E-state index in [0.29, 0.717) is 13.2 Å². The van der Waals surface area contributed by atoms with Gasteiger partial charge in [-0.1, -0.05) is 13.3 Å². The summed E-state index contributed by atoms with van der Waals surface area (Å²) in [5, 5.41) is 0. The summed E-state index contributed by atoms with van der Waals surface area (Å²) in [6.45, 7) is 3.21. The Labute approximate surface area is 115 Å². The van der Waals surface area contributed by atoms with E-state index in [2.05, 4.69) is 0 Å². The molecular formula is C14H26N2O3. The van der Waals surface area contributed by atoms with Crippen LogP contribution >= 0.6 is 0 Å². The fourth-order valence-corrected chi connectivity index (χ4v) is 2.65. The third-order valence-electron chi connectivity index (χ3n) is 3.70. The molecule has 110 valence electrons. The largest absolute Gasteiger partial charge is 0.383 e. The van der Waals surface area contributed by atoms with E-state index < -0.39 is 0 Å². The summed E-state index contributed by atoms with van der Waals surface area (Å²) >= 11 is 0. The zero-order valence-corrected chi connectivity index (χ0v) is 12.5. The number of carbonyl (C=O) groups excluding carboxylic acids is 2. The summed E-state index contributed by atoms with van der Waals surface area (Å²) in [6, 6.07) is -0.243. The maximum atomic E-state index is 12.3. The summed E-state index contributed by atoms with van der Waals surface area (Å²) in [5.74, 6) is -0.624. The average molecular weight is 270 g/mol. The Morgan fingerprint density at radius 2 is 2.11 bits per heavy atom. The molecule has 1 saturated heterocycles. The first-order chi connectivity index (χ1) is 9.02. The molecule has 1 amide bonds. The van der Waals surface area contributed by atoms with E-state index in [1.165, 1.54) is 0 Å². The molecule has 1 unspecified atom stereocenters. The van der Waals surface area contributed by atoms with Gasteiger partial charge in [-0.2, -0.15) is 0 Å². The molecule has 5 heteroatoms. The first-order valence-corrected chi connectivity index (χ1v) is 7.03. The quantitative estimate of drug-likeness (QED) is 0.646. The molecule has 0 aromatic carbocycles. The second-order valence-electron chi connectivity index (χ2n) is 5.38. The topological polar surface area (TPSA) is 49.9 Å². The third kappa shape index (κ3) is 4.01. The normalized spacial score (nSPS) is 20.9. The monoisotopic (exact) mass is 270 g/mol. The van der Waals surface area contributed by atoms with Crippen molar-refractivity contribution in [3.63, 3.8) is 0 Å². The molecule has 0 aliphatic carbocycles. The highest BCUT2D eigenvalue weighted by Gasteiger charge is 2.35. The van der Waals surface area contributed by atoms with Crippen molar-refractivity contribution >= 4 is 11.7 Å². The maximum Gasteiger partial charge on any atom is 0.291 e. The van der Waals surface area contributed by atoms with Crippen molar-refractivity contribution in [3.8, 4) is 0 Å². The van der Waals surface area contributed by atoms with Gasteiger partial charge in [-0.25, -0.2) is 0 Å². The minimum atomic E-state index is -0.341. The standard InChI is InChI=1S/C14H26N2O3/c1-5-7-12(15(2)3)13(17)14(18)16-9-6-8-11(16)10-19-4/h11-12H,5-10H2,1-4H3/t11-,12?/m0/s1. The van der Waals surface area contributed by atoms with Crippen molar-refractivity contribution in [1.29, 1.82) is 0 Å². The first kappa shape index (κ1) is 16.1. The van der Waals surface area contributed by atoms with E-state index in [4.69, 9.17) is 4.74 Å². The van der Waals surface area contributed by atoms with Crippen LogP contribution < -0.4 is 0 Å². The van der Waals surface area contributed by atoms with Gasteiger partial charge in [-0.3, -0.25) is 14.5 Å². The van der Waals surface area contributed by atoms with Crippen LogP contribution in [0.2, 0.25) is 0 Å². The molecular weight excluding hydrogens is 244 g/mol. The number of hydrogen-bond acceptors (Lipinski definition) is 4. The van der Waals surface area contributed by atoms with Crippen LogP contribution in [0.4, 0.5) is 0 Å². The molecule has 0 aromatic rings. The lowest BCUT2D eigenvalue weighted by molar-refractivity contribution is -0.148. The Hall–Kier alpha value is -0.940. The van der Waals surface area contributed by atoms with E-state index in [1.54, 1.807) is 12.0 Å². The van der Waals surface area contributed by atoms with Crippen LogP contribution in [0.25, 0.3) is 0 Å². The number of Topliss-reactive ketones (excluding diaryl/α,β-unsaturated/α-hetero) is 1. The molecule has 0 saturated carbocycles. The van der Waals surface area contributed by atoms with Crippen LogP contribution in [-0.4, -0.2) is 67.9 Å². The van der Waals surface area contributed by atoms with Gasteiger partial charge in [0.05, 0.1) is 18.7 Å². The summed E-state index contributed by atoms with van der Waals surface area (Å²) in [7, 11) is 5.33. The Morgan fingerprint density at radius 3 is 2.63 bits per heavy atom. The average Bonchev–Trinajstić information content (AvgIpc) is 2.82. The van der Waals surface area contributed by atoms with Crippen LogP contribution in [0.15, 0.2) is 0 Å². The highest BCUT2D eigenvalue weighted by atomic mass is 16.5. The smallest absolute Gasteiger partial charge is 0.291 e. The van der Waals surface area contributed by atoms with Gasteiger partial charge in [0.2, 0.25) is 5.78 Å². The summed E-state index contributed by atoms with van der Waals surface area (Å²) in [5.41, 5.74) is 0. The van der Waals surface area contributed by atoms with Crippen molar-refractivity contribution in [1.82, 2.24) is 9.80 Å². The molecule has 0 N–H and O–H groups in total. The van der Waals surface area contributed by atoms with Gasteiger partial charge in [-0.15, -0.1) is 0 Å². The van der Waals surface area contributed by atoms with Crippen LogP contribution in [-0.2, 0) is 14.3 Å². The number of ketones is 1. The predicted octanol–water partition coefficient (Wildman–Crippen LogP) is 0.923. The fraction of sp³-hybridized carbons (Fsp3) is 0.857. The van der Waals surface area contributed by atoms with E-state index >= 15 is 0 Å². The second-order valence-corrected chi connectivity index (χ2v) is 5.38. The number of methoxy groups -OCH3 is 1. The molecule has 0 bridgehead atoms. The fourth-order valence-electron chi connectivity index (χ4n) is 2.65. The highest BCUT2D eigenvalue weighted by molar-refractivity contribution is 6.38. The number of rotatable bonds is 7. The summed E-state index contributed by atoms with van der Waals surface area (Å²) in [6.07, 6.45) is 3.49. The van der Waals surface area contributed by atoms with Crippen molar-refractivity contribution in [2.24, 2.45) is 0 Å². The zero-order chi connectivity index (χ0) is 14.4. The van der Waals surface area contributed by atoms with Gasteiger partial charge >= 0.3 is 0 Å². The van der Waals surface area contributed by atoms with Crippen molar-refractivity contribution in [2.45, 2.75) is 44.7 Å². The number of carbonyl (C=O) groups is 2. The Morgan fingerprint density at radius 1 is 1.42 bits per heavy atom. The van der Waals surface area contributed by atoms with Gasteiger partial charge in [0.1, 0.15) is 0 Å². The second kappa shape index (κ2) is 7.60. The van der Waals surface area contributed by atoms with E-state index in [1.807, 2.05) is 25.9 Å². The van der Waals surface area contributed by atoms with E-state index in [-0.39, 0.29) is 23.8 Å². The minimum absolute atomic E-state index is 0.0610. The van der Waals surface area contributed by atoms with Gasteiger partial charge in [0, 0.05) is 13.7 Å². The molecule has 1 heterocycles. The number of ether oxygens (including phenoxy) is 1. The lowest BCUT2D eigenvalue weighted by Crippen LogP contribution is -2.48. The van der Waals surface area contributed by atoms with Crippen molar-refractivity contribution in [3.05, 3.63) is 0 Å². The van der Waals surface area contributed by atoms with Crippen LogP contribution in [0.5, 0.6) is 0 Å². The SMILES string of the molecule is CCCC(C(=O)C(=O)N1CCC[C@H]1COC)N(C)C. The molecule has 5 nitrogen and oxygen atoms in total. The lowest BCUT2D eigenvalue weighted by atomic mass is 10.0. The Balaban J connectivity index is 2.71. The third-order valence-corrected chi connectivity index (χ3v) is 3.70. The number of likely N-dealkylation sites (tertiary alicyclic amines) is 1. The summed E-state index contributed by atoms with van der Waals surface area (Å²) in [4.78, 5) is 28.2. The number of nitrogens with zero attached hydrogens (tertiary/aromatic N) is 2. The number of hydrogen-bond donors (Lipinski definition) is 0. The van der Waals surface area contributed by atoms with Crippen LogP contribution in [0.3, 0.4) is 0 Å². The highest BCUT2D eigenvalue weighted by Crippen LogP contribution is 2.19. The molecule has 1 aliphatic rings. The molecule has 0 spiro atoms. The van der Waals surface area contributed by atoms with Crippen molar-refractivity contribution < 1.29 is 14.3 Å². The van der Waals surface area contributed by atoms with Crippen molar-refractivity contribution in [2.75, 3.05) is 34.4 Å². The molecule has 1 rings (SSSR count). The Bertz CT molecular complexity index is 318. The summed E-state index contributed by atoms with van der Waals surface area (Å²) < 4.78 is 5.13. The molecule has 1 aliphatic heterocycles. The minimum Gasteiger partial charge on any atom is -0.383 e. The molecule has 0 radical (unpaired) electrons. The predicted molar refractivity (Wildman–Crippen MR) is 74.0 cm³/mol. The number of amides is 1. The molecule has 1 fully saturated rings. The van der Waals surface area contributed by atoms with Gasteiger partial charge < -0.3 is 9.64 Å². The molecule has 19 heavy (non-hydrogen) atoms. The van der Waals surface area contributed by atoms with Gasteiger partial charge in [0.15, 0.2) is 0 Å². The van der Waals surface area contributed by atoms with Crippen LogP contribution in [0, 0.1) is 0 Å². The van der Waals surface area contributed by atoms with Gasteiger partial charge in [-0.05, 0) is 33.4 Å². The van der Waals surface area contributed by atoms with Gasteiger partial charge in [0.25, 0.3) is 5.91 Å². The first-order valence-electron chi connectivity index (χ1n) is 7.03. The number of likely N-dealkylation sites (N-methyl/N-ethyl adjacent to an activating group) is 1. The van der Waals surface area contributed by atoms with E-state index in [9.17, 15) is 9.59 Å². The maximum absolute atomic E-state index is 12.3. The molecule has 0 aromatic heterocycles. The zero-order valence-electron chi connectivity index (χ0n) is 12.5. The van der Waals surface area contributed by atoms with Crippen LogP contribution in [0.1, 0.15) is 32.6 Å². The Kier molecular flexibility index (Phi) is 6.45. The molecule has 2 atom stereocenters. The van der Waals surface area contributed by atoms with E-state index in [0.717, 1.165) is 25.7 Å².